The summed E-state index contributed by atoms with van der Waals surface area (Å²) >= 11 is 0. The summed E-state index contributed by atoms with van der Waals surface area (Å²) in [5.74, 6) is 0. The molecule has 0 atom stereocenters. The third kappa shape index (κ3) is 2.81. The third-order valence-electron chi connectivity index (χ3n) is 2.77. The molecule has 0 saturated heterocycles. The first-order chi connectivity index (χ1) is 6.21. The van der Waals surface area contributed by atoms with Crippen LogP contribution in [0.3, 0.4) is 0 Å². The van der Waals surface area contributed by atoms with E-state index in [9.17, 15) is 0 Å². The van der Waals surface area contributed by atoms with Crippen molar-refractivity contribution < 1.29 is 21.7 Å². The van der Waals surface area contributed by atoms with Crippen molar-refractivity contribution >= 4 is 18.4 Å². The molecule has 0 saturated carbocycles. The molecule has 0 aromatic heterocycles. The predicted octanol–water partition coefficient (Wildman–Crippen LogP) is 2.39. The van der Waals surface area contributed by atoms with Crippen LogP contribution in [0.5, 0.6) is 0 Å². The molecule has 2 rings (SSSR count). The molecule has 0 N–H and O–H groups in total. The van der Waals surface area contributed by atoms with Crippen LogP contribution >= 0.6 is 0 Å². The molecular formula is C13H17SiTi+. The van der Waals surface area contributed by atoms with Gasteiger partial charge in [-0.25, -0.2) is 18.2 Å². The van der Waals surface area contributed by atoms with E-state index in [0.717, 1.165) is 0 Å². The van der Waals surface area contributed by atoms with Crippen LogP contribution in [0, 0.1) is 7.43 Å². The fraction of sp³-hybridized carbons (Fsp3) is 0.154. The van der Waals surface area contributed by atoms with E-state index in [1.807, 2.05) is 0 Å². The fourth-order valence-electron chi connectivity index (χ4n) is 1.75. The Hall–Kier alpha value is -0.369. The predicted molar refractivity (Wildman–Crippen MR) is 67.2 cm³/mol. The van der Waals surface area contributed by atoms with Crippen molar-refractivity contribution in [3.8, 4) is 0 Å². The minimum Gasteiger partial charge on any atom is -0.358 e. The fourth-order valence-corrected chi connectivity index (χ4v) is 4.13. The zero-order chi connectivity index (χ0) is 9.31. The molecule has 0 unspecified atom stereocenters. The smallest absolute Gasteiger partial charge is 0.358 e. The van der Waals surface area contributed by atoms with E-state index in [1.165, 1.54) is 10.4 Å². The Morgan fingerprint density at radius 3 is 2.33 bits per heavy atom. The molecule has 0 heterocycles. The van der Waals surface area contributed by atoms with Crippen LogP contribution < -0.4 is 10.4 Å². The van der Waals surface area contributed by atoms with E-state index >= 15 is 0 Å². The summed E-state index contributed by atoms with van der Waals surface area (Å²) in [7, 11) is -1.35. The Bertz CT molecular complexity index is 321. The SMILES string of the molecule is C[Si](C)(c1cc[cH-]c1)c1ccc[cH-]1.[CH3-].[Ti+4]. The van der Waals surface area contributed by atoms with E-state index < -0.39 is 8.07 Å². The first-order valence-corrected chi connectivity index (χ1v) is 7.65. The van der Waals surface area contributed by atoms with Crippen LogP contribution in [0.4, 0.5) is 0 Å². The summed E-state index contributed by atoms with van der Waals surface area (Å²) in [5.41, 5.74) is 0. The van der Waals surface area contributed by atoms with Gasteiger partial charge in [-0.15, -0.1) is 0 Å². The monoisotopic (exact) mass is 249 g/mol. The van der Waals surface area contributed by atoms with Gasteiger partial charge in [-0.05, 0) is 0 Å². The largest absolute Gasteiger partial charge is 4.00 e. The van der Waals surface area contributed by atoms with Crippen molar-refractivity contribution in [1.29, 1.82) is 0 Å². The number of hydrogen-bond donors (Lipinski definition) is 0. The summed E-state index contributed by atoms with van der Waals surface area (Å²) in [6.45, 7) is 4.80. The summed E-state index contributed by atoms with van der Waals surface area (Å²) in [6, 6.07) is 17.5. The number of hydrogen-bond acceptors (Lipinski definition) is 0. The van der Waals surface area contributed by atoms with Gasteiger partial charge in [0.25, 0.3) is 0 Å². The molecule has 2 aromatic carbocycles. The Morgan fingerprint density at radius 1 is 1.13 bits per heavy atom. The molecule has 0 radical (unpaired) electrons. The maximum atomic E-state index is 2.40. The molecule has 0 aliphatic heterocycles. The van der Waals surface area contributed by atoms with Gasteiger partial charge in [0.2, 0.25) is 0 Å². The molecule has 15 heavy (non-hydrogen) atoms. The maximum absolute atomic E-state index is 2.40. The van der Waals surface area contributed by atoms with Crippen LogP contribution in [0.2, 0.25) is 13.1 Å². The zero-order valence-electron chi connectivity index (χ0n) is 9.62. The maximum Gasteiger partial charge on any atom is 4.00 e. The van der Waals surface area contributed by atoms with Gasteiger partial charge in [-0.1, -0.05) is 13.1 Å². The average Bonchev–Trinajstić information content (AvgIpc) is 2.78. The number of rotatable bonds is 2. The Labute approximate surface area is 109 Å². The Balaban J connectivity index is 0.000000980. The van der Waals surface area contributed by atoms with Crippen LogP contribution in [0.15, 0.2) is 48.5 Å². The normalized spacial score (nSPS) is 10.3. The summed E-state index contributed by atoms with van der Waals surface area (Å²) in [5, 5.41) is 3.05. The van der Waals surface area contributed by atoms with Crippen molar-refractivity contribution in [2.24, 2.45) is 0 Å². The zero-order valence-corrected chi connectivity index (χ0v) is 12.2. The van der Waals surface area contributed by atoms with Crippen LogP contribution in [-0.2, 0) is 21.7 Å². The first kappa shape index (κ1) is 14.6. The molecule has 0 fully saturated rings. The first-order valence-electron chi connectivity index (χ1n) is 4.65. The van der Waals surface area contributed by atoms with Gasteiger partial charge in [-0.2, -0.15) is 40.7 Å². The van der Waals surface area contributed by atoms with Crippen molar-refractivity contribution in [3.63, 3.8) is 0 Å². The average molecular weight is 249 g/mol. The van der Waals surface area contributed by atoms with E-state index in [2.05, 4.69) is 61.6 Å². The van der Waals surface area contributed by atoms with E-state index in [0.29, 0.717) is 0 Å². The van der Waals surface area contributed by atoms with Crippen LogP contribution in [-0.4, -0.2) is 8.07 Å². The summed E-state index contributed by atoms with van der Waals surface area (Å²) in [6.07, 6.45) is 0. The Kier molecular flexibility index (Phi) is 5.50. The molecule has 0 aliphatic carbocycles. The standard InChI is InChI=1S/C12H14Si.CH3.Ti/c1-13(2,11-7-3-4-8-11)12-9-5-6-10-12;;/h3-10H,1-2H3;1H3;/q-2;-1;+4. The van der Waals surface area contributed by atoms with Crippen molar-refractivity contribution in [1.82, 2.24) is 0 Å². The van der Waals surface area contributed by atoms with Gasteiger partial charge in [0, 0.05) is 8.07 Å². The third-order valence-corrected chi connectivity index (χ3v) is 6.32. The van der Waals surface area contributed by atoms with E-state index in [-0.39, 0.29) is 29.1 Å². The molecule has 2 heteroatoms. The molecule has 0 aliphatic rings. The molecule has 0 nitrogen and oxygen atoms in total. The van der Waals surface area contributed by atoms with Gasteiger partial charge < -0.3 is 7.43 Å². The minimum absolute atomic E-state index is 0. The quantitative estimate of drug-likeness (QED) is 0.566. The van der Waals surface area contributed by atoms with Crippen LogP contribution in [0.1, 0.15) is 0 Å². The summed E-state index contributed by atoms with van der Waals surface area (Å²) < 4.78 is 0. The van der Waals surface area contributed by atoms with Gasteiger partial charge in [0.05, 0.1) is 0 Å². The van der Waals surface area contributed by atoms with Gasteiger partial charge in [0.1, 0.15) is 0 Å². The van der Waals surface area contributed by atoms with Crippen molar-refractivity contribution in [2.75, 3.05) is 0 Å². The second-order valence-corrected chi connectivity index (χ2v) is 8.38. The Morgan fingerprint density at radius 2 is 1.87 bits per heavy atom. The van der Waals surface area contributed by atoms with Crippen LogP contribution in [0.25, 0.3) is 0 Å². The second kappa shape index (κ2) is 5.64. The minimum atomic E-state index is -1.35. The molecule has 76 valence electrons. The molecule has 0 spiro atoms. The van der Waals surface area contributed by atoms with Gasteiger partial charge >= 0.3 is 21.7 Å². The molecule has 2 aromatic rings. The van der Waals surface area contributed by atoms with Gasteiger partial charge in [-0.3, -0.25) is 0 Å². The molecular weight excluding hydrogens is 232 g/mol. The van der Waals surface area contributed by atoms with Gasteiger partial charge in [0.15, 0.2) is 0 Å². The van der Waals surface area contributed by atoms with Crippen molar-refractivity contribution in [3.05, 3.63) is 56.0 Å². The molecule has 0 bridgehead atoms. The van der Waals surface area contributed by atoms with E-state index in [4.69, 9.17) is 0 Å². The van der Waals surface area contributed by atoms with Crippen molar-refractivity contribution in [2.45, 2.75) is 13.1 Å². The van der Waals surface area contributed by atoms with E-state index in [1.54, 1.807) is 0 Å². The second-order valence-electron chi connectivity index (χ2n) is 3.97. The summed E-state index contributed by atoms with van der Waals surface area (Å²) in [4.78, 5) is 0. The molecule has 0 amide bonds. The topological polar surface area (TPSA) is 0 Å².